The van der Waals surface area contributed by atoms with Crippen molar-refractivity contribution < 1.29 is 9.53 Å². The van der Waals surface area contributed by atoms with Crippen LogP contribution in [-0.4, -0.2) is 39.9 Å². The molecule has 2 heterocycles. The average Bonchev–Trinajstić information content (AvgIpc) is 2.55. The van der Waals surface area contributed by atoms with E-state index in [0.29, 0.717) is 23.7 Å². The van der Waals surface area contributed by atoms with Crippen LogP contribution in [0.5, 0.6) is 11.6 Å². The average molecular weight is 298 g/mol. The van der Waals surface area contributed by atoms with E-state index in [1.165, 1.54) is 6.20 Å². The van der Waals surface area contributed by atoms with Gasteiger partial charge in [0.15, 0.2) is 0 Å². The Morgan fingerprint density at radius 1 is 1.36 bits per heavy atom. The topological polar surface area (TPSA) is 81.3 Å². The molecule has 6 nitrogen and oxygen atoms in total. The van der Waals surface area contributed by atoms with Crippen LogP contribution in [0.1, 0.15) is 23.2 Å². The number of benzene rings is 1. The molecular formula is C16H18N4O2. The minimum atomic E-state index is -0.0141. The van der Waals surface area contributed by atoms with Crippen LogP contribution in [-0.2, 0) is 0 Å². The number of ether oxygens (including phenoxy) is 1. The van der Waals surface area contributed by atoms with Gasteiger partial charge in [0.1, 0.15) is 5.75 Å². The Balaban J connectivity index is 1.74. The fourth-order valence-electron chi connectivity index (χ4n) is 2.53. The molecule has 1 fully saturated rings. The third-order valence-corrected chi connectivity index (χ3v) is 3.59. The predicted molar refractivity (Wildman–Crippen MR) is 81.7 cm³/mol. The van der Waals surface area contributed by atoms with Gasteiger partial charge in [-0.1, -0.05) is 6.07 Å². The van der Waals surface area contributed by atoms with Gasteiger partial charge in [-0.05, 0) is 31.0 Å². The number of nitrogens with zero attached hydrogens (tertiary/aromatic N) is 3. The van der Waals surface area contributed by atoms with Gasteiger partial charge >= 0.3 is 0 Å². The van der Waals surface area contributed by atoms with Crippen molar-refractivity contribution >= 4 is 5.91 Å². The van der Waals surface area contributed by atoms with Crippen LogP contribution in [0.25, 0.3) is 0 Å². The molecule has 2 N–H and O–H groups in total. The summed E-state index contributed by atoms with van der Waals surface area (Å²) in [6.45, 7) is 1.36. The molecule has 1 amide bonds. The summed E-state index contributed by atoms with van der Waals surface area (Å²) in [5.41, 5.74) is 6.53. The van der Waals surface area contributed by atoms with E-state index in [0.717, 1.165) is 19.4 Å². The van der Waals surface area contributed by atoms with Gasteiger partial charge in [-0.25, -0.2) is 4.98 Å². The van der Waals surface area contributed by atoms with Crippen molar-refractivity contribution in [3.05, 3.63) is 48.4 Å². The molecule has 0 unspecified atom stereocenters. The van der Waals surface area contributed by atoms with E-state index in [2.05, 4.69) is 9.97 Å². The second-order valence-electron chi connectivity index (χ2n) is 5.33. The number of aromatic nitrogens is 2. The molecule has 1 saturated heterocycles. The van der Waals surface area contributed by atoms with Gasteiger partial charge in [-0.15, -0.1) is 0 Å². The molecule has 0 saturated carbocycles. The van der Waals surface area contributed by atoms with Gasteiger partial charge < -0.3 is 15.4 Å². The van der Waals surface area contributed by atoms with Crippen LogP contribution in [0.4, 0.5) is 0 Å². The summed E-state index contributed by atoms with van der Waals surface area (Å²) < 4.78 is 5.61. The highest BCUT2D eigenvalue weighted by atomic mass is 16.5. The van der Waals surface area contributed by atoms with Crippen molar-refractivity contribution in [2.75, 3.05) is 13.1 Å². The number of amides is 1. The van der Waals surface area contributed by atoms with E-state index in [-0.39, 0.29) is 11.9 Å². The van der Waals surface area contributed by atoms with E-state index in [1.54, 1.807) is 41.6 Å². The van der Waals surface area contributed by atoms with Crippen molar-refractivity contribution in [2.24, 2.45) is 5.73 Å². The number of carbonyl (C=O) groups excluding carboxylic acids is 1. The lowest BCUT2D eigenvalue weighted by Crippen LogP contribution is -2.45. The van der Waals surface area contributed by atoms with E-state index < -0.39 is 0 Å². The van der Waals surface area contributed by atoms with Gasteiger partial charge in [0.05, 0.1) is 6.20 Å². The van der Waals surface area contributed by atoms with Gasteiger partial charge in [0, 0.05) is 37.1 Å². The van der Waals surface area contributed by atoms with E-state index in [1.807, 2.05) is 0 Å². The number of piperidine rings is 1. The molecule has 1 aliphatic rings. The first-order valence-electron chi connectivity index (χ1n) is 7.31. The molecule has 1 aromatic carbocycles. The Bertz CT molecular complexity index is 648. The fraction of sp³-hybridized carbons (Fsp3) is 0.312. The number of carbonyl (C=O) groups is 1. The molecule has 3 rings (SSSR count). The third kappa shape index (κ3) is 3.40. The smallest absolute Gasteiger partial charge is 0.254 e. The first-order valence-corrected chi connectivity index (χ1v) is 7.31. The second-order valence-corrected chi connectivity index (χ2v) is 5.33. The van der Waals surface area contributed by atoms with Gasteiger partial charge in [0.25, 0.3) is 5.91 Å². The zero-order valence-corrected chi connectivity index (χ0v) is 12.2. The molecule has 1 aromatic heterocycles. The number of likely N-dealkylation sites (tertiary alicyclic amines) is 1. The quantitative estimate of drug-likeness (QED) is 0.935. The number of nitrogens with two attached hydrogens (primary N) is 1. The minimum Gasteiger partial charge on any atom is -0.437 e. The summed E-state index contributed by atoms with van der Waals surface area (Å²) in [5, 5.41) is 0. The molecular weight excluding hydrogens is 280 g/mol. The molecule has 1 atom stereocenters. The number of hydrogen-bond donors (Lipinski definition) is 1. The van der Waals surface area contributed by atoms with Gasteiger partial charge in [0.2, 0.25) is 5.88 Å². The van der Waals surface area contributed by atoms with Crippen LogP contribution in [0.2, 0.25) is 0 Å². The van der Waals surface area contributed by atoms with Crippen LogP contribution in [0.3, 0.4) is 0 Å². The molecule has 0 bridgehead atoms. The Kier molecular flexibility index (Phi) is 4.29. The van der Waals surface area contributed by atoms with E-state index in [4.69, 9.17) is 10.5 Å². The number of rotatable bonds is 3. The molecule has 0 aliphatic carbocycles. The normalized spacial score (nSPS) is 18.0. The van der Waals surface area contributed by atoms with E-state index in [9.17, 15) is 4.79 Å². The Morgan fingerprint density at radius 3 is 3.05 bits per heavy atom. The largest absolute Gasteiger partial charge is 0.437 e. The summed E-state index contributed by atoms with van der Waals surface area (Å²) >= 11 is 0. The molecule has 0 radical (unpaired) electrons. The van der Waals surface area contributed by atoms with Crippen molar-refractivity contribution in [2.45, 2.75) is 18.9 Å². The summed E-state index contributed by atoms with van der Waals surface area (Å²) in [6.07, 6.45) is 6.58. The Hall–Kier alpha value is -2.47. The molecule has 22 heavy (non-hydrogen) atoms. The molecule has 114 valence electrons. The molecule has 1 aliphatic heterocycles. The van der Waals surface area contributed by atoms with Gasteiger partial charge in [-0.3, -0.25) is 9.78 Å². The lowest BCUT2D eigenvalue weighted by Gasteiger charge is -2.30. The van der Waals surface area contributed by atoms with Crippen LogP contribution >= 0.6 is 0 Å². The molecule has 0 spiro atoms. The zero-order chi connectivity index (χ0) is 15.4. The molecule has 2 aromatic rings. The highest BCUT2D eigenvalue weighted by molar-refractivity contribution is 5.94. The minimum absolute atomic E-state index is 0.0141. The SMILES string of the molecule is N[C@H]1CCCN(C(=O)c2cccc(Oc3cnccn3)c2)C1. The highest BCUT2D eigenvalue weighted by Crippen LogP contribution is 2.21. The Labute approximate surface area is 128 Å². The third-order valence-electron chi connectivity index (χ3n) is 3.59. The van der Waals surface area contributed by atoms with Crippen molar-refractivity contribution in [1.29, 1.82) is 0 Å². The first kappa shape index (κ1) is 14.5. The van der Waals surface area contributed by atoms with Crippen molar-refractivity contribution in [3.63, 3.8) is 0 Å². The second kappa shape index (κ2) is 6.53. The lowest BCUT2D eigenvalue weighted by molar-refractivity contribution is 0.0708. The predicted octanol–water partition coefficient (Wildman–Crippen LogP) is 1.83. The fourth-order valence-corrected chi connectivity index (χ4v) is 2.53. The maximum atomic E-state index is 12.5. The summed E-state index contributed by atoms with van der Waals surface area (Å²) in [4.78, 5) is 22.3. The maximum absolute atomic E-state index is 12.5. The summed E-state index contributed by atoms with van der Waals surface area (Å²) in [7, 11) is 0. The Morgan fingerprint density at radius 2 is 2.27 bits per heavy atom. The molecule has 6 heteroatoms. The van der Waals surface area contributed by atoms with Crippen molar-refractivity contribution in [3.8, 4) is 11.6 Å². The summed E-state index contributed by atoms with van der Waals surface area (Å²) in [5.74, 6) is 0.944. The van der Waals surface area contributed by atoms with E-state index >= 15 is 0 Å². The maximum Gasteiger partial charge on any atom is 0.254 e. The van der Waals surface area contributed by atoms with Gasteiger partial charge in [-0.2, -0.15) is 0 Å². The van der Waals surface area contributed by atoms with Crippen LogP contribution in [0, 0.1) is 0 Å². The lowest BCUT2D eigenvalue weighted by atomic mass is 10.1. The van der Waals surface area contributed by atoms with Crippen LogP contribution in [0.15, 0.2) is 42.9 Å². The zero-order valence-electron chi connectivity index (χ0n) is 12.2. The first-order chi connectivity index (χ1) is 10.7. The highest BCUT2D eigenvalue weighted by Gasteiger charge is 2.22. The van der Waals surface area contributed by atoms with Crippen molar-refractivity contribution in [1.82, 2.24) is 14.9 Å². The summed E-state index contributed by atoms with van der Waals surface area (Å²) in [6, 6.07) is 7.15. The number of hydrogen-bond acceptors (Lipinski definition) is 5. The monoisotopic (exact) mass is 298 g/mol. The standard InChI is InChI=1S/C16H18N4O2/c17-13-4-2-8-20(11-13)16(21)12-3-1-5-14(9-12)22-15-10-18-6-7-19-15/h1,3,5-7,9-10,13H,2,4,8,11,17H2/t13-/m0/s1. The van der Waals surface area contributed by atoms with Crippen LogP contribution < -0.4 is 10.5 Å².